The third-order valence-corrected chi connectivity index (χ3v) is 3.74. The van der Waals surface area contributed by atoms with Gasteiger partial charge in [0.25, 0.3) is 0 Å². The Bertz CT molecular complexity index is 551. The maximum absolute atomic E-state index is 11.2. The molecule has 1 aromatic carbocycles. The second-order valence-corrected chi connectivity index (χ2v) is 4.98. The van der Waals surface area contributed by atoms with Gasteiger partial charge in [0.1, 0.15) is 0 Å². The van der Waals surface area contributed by atoms with Crippen LogP contribution in [0.5, 0.6) is 0 Å². The molecule has 1 saturated carbocycles. The number of carboxylic acid groups (broad SMARTS) is 1. The summed E-state index contributed by atoms with van der Waals surface area (Å²) in [5.74, 6) is -0.694. The summed E-state index contributed by atoms with van der Waals surface area (Å²) in [4.78, 5) is 14.3. The molecule has 0 aliphatic heterocycles. The normalized spacial score (nSPS) is 16.4. The number of aromatic amines is 1. The first kappa shape index (κ1) is 11.1. The van der Waals surface area contributed by atoms with E-state index in [-0.39, 0.29) is 0 Å². The molecule has 0 unspecified atom stereocenters. The van der Waals surface area contributed by atoms with E-state index in [1.807, 2.05) is 42.7 Å². The van der Waals surface area contributed by atoms with E-state index in [4.69, 9.17) is 0 Å². The van der Waals surface area contributed by atoms with Gasteiger partial charge >= 0.3 is 5.97 Å². The number of aliphatic carboxylic acids is 1. The molecule has 18 heavy (non-hydrogen) atoms. The van der Waals surface area contributed by atoms with Crippen LogP contribution in [0, 0.1) is 0 Å². The molecular formula is C15H15NO2. The van der Waals surface area contributed by atoms with Gasteiger partial charge in [0.15, 0.2) is 0 Å². The lowest BCUT2D eigenvalue weighted by atomic mass is 9.94. The van der Waals surface area contributed by atoms with Crippen LogP contribution in [-0.4, -0.2) is 16.1 Å². The lowest BCUT2D eigenvalue weighted by Gasteiger charge is -2.10. The van der Waals surface area contributed by atoms with E-state index in [2.05, 4.69) is 4.98 Å². The van der Waals surface area contributed by atoms with Gasteiger partial charge in [-0.25, -0.2) is 0 Å². The zero-order valence-electron chi connectivity index (χ0n) is 10.0. The number of hydrogen-bond acceptors (Lipinski definition) is 1. The summed E-state index contributed by atoms with van der Waals surface area (Å²) in [7, 11) is 0. The van der Waals surface area contributed by atoms with E-state index >= 15 is 0 Å². The van der Waals surface area contributed by atoms with Gasteiger partial charge in [-0.15, -0.1) is 0 Å². The van der Waals surface area contributed by atoms with Crippen molar-refractivity contribution in [1.82, 2.24) is 4.98 Å². The zero-order valence-corrected chi connectivity index (χ0v) is 10.0. The summed E-state index contributed by atoms with van der Waals surface area (Å²) < 4.78 is 0. The number of nitrogens with one attached hydrogen (secondary N) is 1. The summed E-state index contributed by atoms with van der Waals surface area (Å²) in [6.07, 6.45) is 6.30. The van der Waals surface area contributed by atoms with E-state index < -0.39 is 11.4 Å². The van der Waals surface area contributed by atoms with Crippen molar-refractivity contribution in [2.45, 2.75) is 24.7 Å². The Morgan fingerprint density at radius 1 is 1.17 bits per heavy atom. The Hall–Kier alpha value is -2.03. The summed E-state index contributed by atoms with van der Waals surface area (Å²) in [6, 6.07) is 10.0. The monoisotopic (exact) mass is 241 g/mol. The molecule has 0 atom stereocenters. The number of hydrogen-bond donors (Lipinski definition) is 2. The highest BCUT2D eigenvalue weighted by Crippen LogP contribution is 2.48. The molecule has 1 aromatic heterocycles. The van der Waals surface area contributed by atoms with Crippen LogP contribution in [0.4, 0.5) is 0 Å². The van der Waals surface area contributed by atoms with E-state index in [0.717, 1.165) is 24.8 Å². The topological polar surface area (TPSA) is 53.1 Å². The molecule has 0 radical (unpaired) electrons. The van der Waals surface area contributed by atoms with Gasteiger partial charge in [0, 0.05) is 12.4 Å². The lowest BCUT2D eigenvalue weighted by molar-refractivity contribution is -0.140. The Balaban J connectivity index is 1.79. The van der Waals surface area contributed by atoms with Crippen molar-refractivity contribution in [2.75, 3.05) is 0 Å². The fourth-order valence-electron chi connectivity index (χ4n) is 2.40. The Morgan fingerprint density at radius 3 is 2.39 bits per heavy atom. The first-order valence-electron chi connectivity index (χ1n) is 6.15. The predicted molar refractivity (Wildman–Crippen MR) is 68.6 cm³/mol. The predicted octanol–water partition coefficient (Wildman–Crippen LogP) is 2.72. The van der Waals surface area contributed by atoms with Crippen LogP contribution in [0.3, 0.4) is 0 Å². The van der Waals surface area contributed by atoms with Gasteiger partial charge in [0.05, 0.1) is 5.41 Å². The highest BCUT2D eigenvalue weighted by atomic mass is 16.4. The van der Waals surface area contributed by atoms with E-state index in [9.17, 15) is 9.90 Å². The van der Waals surface area contributed by atoms with Crippen LogP contribution in [-0.2, 0) is 16.6 Å². The van der Waals surface area contributed by atoms with Crippen LogP contribution in [0.15, 0.2) is 42.7 Å². The summed E-state index contributed by atoms with van der Waals surface area (Å²) >= 11 is 0. The molecule has 0 amide bonds. The van der Waals surface area contributed by atoms with Crippen molar-refractivity contribution in [2.24, 2.45) is 0 Å². The van der Waals surface area contributed by atoms with Crippen molar-refractivity contribution in [1.29, 1.82) is 0 Å². The van der Waals surface area contributed by atoms with Crippen LogP contribution in [0.2, 0.25) is 0 Å². The molecule has 0 bridgehead atoms. The van der Waals surface area contributed by atoms with E-state index in [0.29, 0.717) is 0 Å². The largest absolute Gasteiger partial charge is 0.481 e. The Labute approximate surface area is 105 Å². The van der Waals surface area contributed by atoms with Gasteiger partial charge < -0.3 is 10.1 Å². The second-order valence-electron chi connectivity index (χ2n) is 4.98. The molecule has 1 aliphatic carbocycles. The van der Waals surface area contributed by atoms with E-state index in [1.165, 1.54) is 11.1 Å². The highest BCUT2D eigenvalue weighted by molar-refractivity contribution is 5.84. The first-order chi connectivity index (χ1) is 8.71. The third kappa shape index (κ3) is 1.82. The average Bonchev–Trinajstić information content (AvgIpc) is 3.04. The number of carbonyl (C=O) groups is 1. The van der Waals surface area contributed by atoms with Crippen molar-refractivity contribution in [3.63, 3.8) is 0 Å². The summed E-state index contributed by atoms with van der Waals surface area (Å²) in [6.45, 7) is 0. The molecular weight excluding hydrogens is 226 g/mol. The molecule has 92 valence electrons. The molecule has 2 aromatic rings. The minimum absolute atomic E-state index is 0.591. The minimum atomic E-state index is -0.694. The second kappa shape index (κ2) is 4.02. The number of carboxylic acids is 1. The quantitative estimate of drug-likeness (QED) is 0.864. The summed E-state index contributed by atoms with van der Waals surface area (Å²) in [5, 5.41) is 9.23. The third-order valence-electron chi connectivity index (χ3n) is 3.74. The molecule has 1 fully saturated rings. The van der Waals surface area contributed by atoms with Gasteiger partial charge in [-0.2, -0.15) is 0 Å². The maximum atomic E-state index is 11.2. The SMILES string of the molecule is O=C(O)C1(c2ccc(Cc3cc[nH]c3)cc2)CC1. The van der Waals surface area contributed by atoms with Crippen LogP contribution in [0.1, 0.15) is 29.5 Å². The summed E-state index contributed by atoms with van der Waals surface area (Å²) in [5.41, 5.74) is 2.79. The Morgan fingerprint density at radius 2 is 1.89 bits per heavy atom. The minimum Gasteiger partial charge on any atom is -0.481 e. The fraction of sp³-hybridized carbons (Fsp3) is 0.267. The molecule has 3 nitrogen and oxygen atoms in total. The van der Waals surface area contributed by atoms with Crippen molar-refractivity contribution >= 4 is 5.97 Å². The van der Waals surface area contributed by atoms with Crippen molar-refractivity contribution in [3.05, 3.63) is 59.4 Å². The van der Waals surface area contributed by atoms with Crippen LogP contribution >= 0.6 is 0 Å². The zero-order chi connectivity index (χ0) is 12.6. The first-order valence-corrected chi connectivity index (χ1v) is 6.15. The van der Waals surface area contributed by atoms with Crippen molar-refractivity contribution < 1.29 is 9.90 Å². The smallest absolute Gasteiger partial charge is 0.314 e. The molecule has 3 heteroatoms. The maximum Gasteiger partial charge on any atom is 0.314 e. The molecule has 0 saturated heterocycles. The molecule has 3 rings (SSSR count). The number of benzene rings is 1. The van der Waals surface area contributed by atoms with Crippen LogP contribution < -0.4 is 0 Å². The number of H-pyrrole nitrogens is 1. The average molecular weight is 241 g/mol. The van der Waals surface area contributed by atoms with Gasteiger partial charge in [0.2, 0.25) is 0 Å². The van der Waals surface area contributed by atoms with Gasteiger partial charge in [-0.1, -0.05) is 24.3 Å². The Kier molecular flexibility index (Phi) is 2.47. The number of aromatic nitrogens is 1. The van der Waals surface area contributed by atoms with Gasteiger partial charge in [-0.05, 0) is 42.0 Å². The highest BCUT2D eigenvalue weighted by Gasteiger charge is 2.51. The van der Waals surface area contributed by atoms with Gasteiger partial charge in [-0.3, -0.25) is 4.79 Å². The molecule has 2 N–H and O–H groups in total. The standard InChI is InChI=1S/C15H15NO2/c17-14(18)15(6-7-15)13-3-1-11(2-4-13)9-12-5-8-16-10-12/h1-5,8,10,16H,6-7,9H2,(H,17,18). The molecule has 0 spiro atoms. The van der Waals surface area contributed by atoms with Crippen molar-refractivity contribution in [3.8, 4) is 0 Å². The molecule has 1 heterocycles. The molecule has 1 aliphatic rings. The number of rotatable bonds is 4. The lowest BCUT2D eigenvalue weighted by Crippen LogP contribution is -2.19. The van der Waals surface area contributed by atoms with Crippen LogP contribution in [0.25, 0.3) is 0 Å². The fourth-order valence-corrected chi connectivity index (χ4v) is 2.40. The van der Waals surface area contributed by atoms with E-state index in [1.54, 1.807) is 0 Å².